The van der Waals surface area contributed by atoms with E-state index in [9.17, 15) is 8.42 Å². The second-order valence-electron chi connectivity index (χ2n) is 4.47. The lowest BCUT2D eigenvalue weighted by atomic mass is 10.2. The number of hydrogen-bond acceptors (Lipinski definition) is 6. The van der Waals surface area contributed by atoms with E-state index in [2.05, 4.69) is 10.3 Å². The highest BCUT2D eigenvalue weighted by molar-refractivity contribution is 7.89. The minimum Gasteiger partial charge on any atom is -0.397 e. The second-order valence-corrected chi connectivity index (χ2v) is 7.30. The van der Waals surface area contributed by atoms with Crippen molar-refractivity contribution >= 4 is 32.7 Å². The summed E-state index contributed by atoms with van der Waals surface area (Å²) in [5.74, 6) is 0. The predicted molar refractivity (Wildman–Crippen MR) is 81.1 cm³/mol. The van der Waals surface area contributed by atoms with Crippen LogP contribution in [0.2, 0.25) is 0 Å². The number of primary sulfonamides is 1. The number of aryl methyl sites for hydroxylation is 1. The first-order valence-electron chi connectivity index (χ1n) is 5.88. The molecule has 1 aromatic carbocycles. The Kier molecular flexibility index (Phi) is 3.98. The van der Waals surface area contributed by atoms with Gasteiger partial charge in [0.2, 0.25) is 10.0 Å². The van der Waals surface area contributed by atoms with Crippen LogP contribution < -0.4 is 16.2 Å². The number of benzene rings is 1. The van der Waals surface area contributed by atoms with Crippen LogP contribution in [-0.4, -0.2) is 13.4 Å². The van der Waals surface area contributed by atoms with Crippen LogP contribution in [0, 0.1) is 6.92 Å². The fourth-order valence-corrected chi connectivity index (χ4v) is 3.04. The number of anilines is 2. The third kappa shape index (κ3) is 3.27. The first-order chi connectivity index (χ1) is 9.27. The van der Waals surface area contributed by atoms with Gasteiger partial charge in [-0.3, -0.25) is 0 Å². The number of nitrogens with one attached hydrogen (secondary N) is 1. The molecule has 5 N–H and O–H groups in total. The van der Waals surface area contributed by atoms with Crippen LogP contribution in [0.4, 0.5) is 11.4 Å². The maximum atomic E-state index is 11.2. The van der Waals surface area contributed by atoms with Gasteiger partial charge in [-0.05, 0) is 32.0 Å². The van der Waals surface area contributed by atoms with E-state index in [1.54, 1.807) is 17.4 Å². The van der Waals surface area contributed by atoms with E-state index in [-0.39, 0.29) is 10.9 Å². The standard InChI is InChI=1S/C12H16N4O2S2/c1-7-6-15-12(19-7)8(2)16-11-4-3-9(5-10(11)13)20(14,17)18/h3-6,8,16H,13H2,1-2H3,(H2,14,17,18). The summed E-state index contributed by atoms with van der Waals surface area (Å²) in [6.07, 6.45) is 1.81. The summed E-state index contributed by atoms with van der Waals surface area (Å²) in [6.45, 7) is 3.95. The molecule has 108 valence electrons. The average molecular weight is 312 g/mol. The molecular weight excluding hydrogens is 296 g/mol. The number of nitrogens with two attached hydrogens (primary N) is 2. The van der Waals surface area contributed by atoms with Crippen molar-refractivity contribution in [3.05, 3.63) is 34.3 Å². The minimum absolute atomic E-state index is 0.00158. The molecule has 0 spiro atoms. The molecule has 6 nitrogen and oxygen atoms in total. The lowest BCUT2D eigenvalue weighted by Gasteiger charge is -2.15. The largest absolute Gasteiger partial charge is 0.397 e. The molecule has 1 aromatic heterocycles. The maximum Gasteiger partial charge on any atom is 0.238 e. The van der Waals surface area contributed by atoms with Crippen molar-refractivity contribution in [1.29, 1.82) is 0 Å². The molecule has 0 aliphatic rings. The molecule has 8 heteroatoms. The number of nitrogen functional groups attached to an aromatic ring is 1. The van der Waals surface area contributed by atoms with Crippen LogP contribution in [0.5, 0.6) is 0 Å². The molecule has 1 unspecified atom stereocenters. The Bertz CT molecular complexity index is 725. The molecule has 1 heterocycles. The molecule has 2 rings (SSSR count). The van der Waals surface area contributed by atoms with Crippen LogP contribution >= 0.6 is 11.3 Å². The predicted octanol–water partition coefficient (Wildman–Crippen LogP) is 1.85. The molecule has 2 aromatic rings. The van der Waals surface area contributed by atoms with Crippen molar-refractivity contribution in [3.8, 4) is 0 Å². The quantitative estimate of drug-likeness (QED) is 0.746. The molecule has 0 radical (unpaired) electrons. The van der Waals surface area contributed by atoms with Crippen LogP contribution in [0.25, 0.3) is 0 Å². The summed E-state index contributed by atoms with van der Waals surface area (Å²) in [5, 5.41) is 9.21. The van der Waals surface area contributed by atoms with Crippen molar-refractivity contribution in [3.63, 3.8) is 0 Å². The summed E-state index contributed by atoms with van der Waals surface area (Å²) >= 11 is 1.60. The van der Waals surface area contributed by atoms with Crippen LogP contribution in [0.15, 0.2) is 29.3 Å². The number of aromatic nitrogens is 1. The van der Waals surface area contributed by atoms with Gasteiger partial charge in [0.25, 0.3) is 0 Å². The molecular formula is C12H16N4O2S2. The molecule has 0 aliphatic carbocycles. The second kappa shape index (κ2) is 5.39. The maximum absolute atomic E-state index is 11.2. The smallest absolute Gasteiger partial charge is 0.238 e. The normalized spacial score (nSPS) is 13.2. The third-order valence-electron chi connectivity index (χ3n) is 2.73. The summed E-state index contributed by atoms with van der Waals surface area (Å²) in [5.41, 5.74) is 6.83. The van der Waals surface area contributed by atoms with E-state index in [0.29, 0.717) is 11.4 Å². The first kappa shape index (κ1) is 14.8. The Hall–Kier alpha value is -1.64. The van der Waals surface area contributed by atoms with E-state index >= 15 is 0 Å². The van der Waals surface area contributed by atoms with Crippen LogP contribution in [0.3, 0.4) is 0 Å². The number of thiazole rings is 1. The van der Waals surface area contributed by atoms with Crippen molar-refractivity contribution in [2.45, 2.75) is 24.8 Å². The van der Waals surface area contributed by atoms with Gasteiger partial charge >= 0.3 is 0 Å². The van der Waals surface area contributed by atoms with Crippen LogP contribution in [0.1, 0.15) is 22.9 Å². The summed E-state index contributed by atoms with van der Waals surface area (Å²) in [4.78, 5) is 5.43. The molecule has 0 bridgehead atoms. The van der Waals surface area contributed by atoms with Gasteiger partial charge < -0.3 is 11.1 Å². The van der Waals surface area contributed by atoms with E-state index in [4.69, 9.17) is 10.9 Å². The van der Waals surface area contributed by atoms with Gasteiger partial charge in [0, 0.05) is 11.1 Å². The van der Waals surface area contributed by atoms with Crippen molar-refractivity contribution in [2.75, 3.05) is 11.1 Å². The summed E-state index contributed by atoms with van der Waals surface area (Å²) in [7, 11) is -3.74. The highest BCUT2D eigenvalue weighted by Gasteiger charge is 2.13. The fourth-order valence-electron chi connectivity index (χ4n) is 1.72. The van der Waals surface area contributed by atoms with Gasteiger partial charge in [0.15, 0.2) is 0 Å². The van der Waals surface area contributed by atoms with Gasteiger partial charge in [-0.25, -0.2) is 18.5 Å². The Labute approximate surface area is 121 Å². The third-order valence-corrected chi connectivity index (χ3v) is 4.74. The zero-order valence-electron chi connectivity index (χ0n) is 11.1. The SMILES string of the molecule is Cc1cnc(C(C)Nc2ccc(S(N)(=O)=O)cc2N)s1. The van der Waals surface area contributed by atoms with Crippen LogP contribution in [-0.2, 0) is 10.0 Å². The molecule has 0 saturated heterocycles. The van der Waals surface area contributed by atoms with Gasteiger partial charge in [-0.15, -0.1) is 11.3 Å². The lowest BCUT2D eigenvalue weighted by molar-refractivity contribution is 0.598. The van der Waals surface area contributed by atoms with E-state index in [1.807, 2.05) is 20.0 Å². The molecule has 0 aliphatic heterocycles. The highest BCUT2D eigenvalue weighted by atomic mass is 32.2. The topological polar surface area (TPSA) is 111 Å². The minimum atomic E-state index is -3.74. The van der Waals surface area contributed by atoms with Crippen molar-refractivity contribution in [2.24, 2.45) is 5.14 Å². The first-order valence-corrected chi connectivity index (χ1v) is 8.25. The molecule has 0 amide bonds. The molecule has 1 atom stereocenters. The number of nitrogens with zero attached hydrogens (tertiary/aromatic N) is 1. The van der Waals surface area contributed by atoms with Gasteiger partial charge in [0.1, 0.15) is 5.01 Å². The monoisotopic (exact) mass is 312 g/mol. The van der Waals surface area contributed by atoms with Gasteiger partial charge in [-0.2, -0.15) is 0 Å². The molecule has 0 fully saturated rings. The lowest BCUT2D eigenvalue weighted by Crippen LogP contribution is -2.13. The van der Waals surface area contributed by atoms with Crippen molar-refractivity contribution < 1.29 is 8.42 Å². The molecule has 0 saturated carbocycles. The average Bonchev–Trinajstić information content (AvgIpc) is 2.77. The zero-order chi connectivity index (χ0) is 14.9. The molecule has 20 heavy (non-hydrogen) atoms. The fraction of sp³-hybridized carbons (Fsp3) is 0.250. The highest BCUT2D eigenvalue weighted by Crippen LogP contribution is 2.28. The number of sulfonamides is 1. The Morgan fingerprint density at radius 3 is 2.60 bits per heavy atom. The van der Waals surface area contributed by atoms with Gasteiger partial charge in [-0.1, -0.05) is 0 Å². The van der Waals surface area contributed by atoms with Gasteiger partial charge in [0.05, 0.1) is 22.3 Å². The number of rotatable bonds is 4. The Morgan fingerprint density at radius 2 is 2.10 bits per heavy atom. The number of hydrogen-bond donors (Lipinski definition) is 3. The van der Waals surface area contributed by atoms with E-state index in [0.717, 1.165) is 9.88 Å². The van der Waals surface area contributed by atoms with Crippen molar-refractivity contribution in [1.82, 2.24) is 4.98 Å². The van der Waals surface area contributed by atoms with E-state index in [1.165, 1.54) is 12.1 Å². The summed E-state index contributed by atoms with van der Waals surface area (Å²) < 4.78 is 22.5. The Balaban J connectivity index is 2.22. The summed E-state index contributed by atoms with van der Waals surface area (Å²) in [6, 6.07) is 4.36. The van der Waals surface area contributed by atoms with E-state index < -0.39 is 10.0 Å². The zero-order valence-corrected chi connectivity index (χ0v) is 12.8. The Morgan fingerprint density at radius 1 is 1.40 bits per heavy atom.